The fourth-order valence-electron chi connectivity index (χ4n) is 1.27. The van der Waals surface area contributed by atoms with Crippen LogP contribution in [0.25, 0.3) is 0 Å². The summed E-state index contributed by atoms with van der Waals surface area (Å²) in [5, 5.41) is 0. The highest BCUT2D eigenvalue weighted by atomic mass is 16.5. The predicted molar refractivity (Wildman–Crippen MR) is 47.7 cm³/mol. The fraction of sp³-hybridized carbons (Fsp3) is 0.800. The molecular formula is C10H18O. The molecule has 1 fully saturated rings. The molecule has 11 heavy (non-hydrogen) atoms. The van der Waals surface area contributed by atoms with Gasteiger partial charge in [-0.15, -0.1) is 0 Å². The van der Waals surface area contributed by atoms with Crippen molar-refractivity contribution in [1.82, 2.24) is 0 Å². The molecule has 2 aliphatic rings. The Kier molecular flexibility index (Phi) is 5.13. The molecule has 1 heterocycles. The van der Waals surface area contributed by atoms with Gasteiger partial charge in [0.15, 0.2) is 0 Å². The number of ether oxygens (including phenoxy) is 1. The molecule has 0 saturated carbocycles. The van der Waals surface area contributed by atoms with Crippen molar-refractivity contribution in [2.75, 3.05) is 13.2 Å². The van der Waals surface area contributed by atoms with E-state index < -0.39 is 0 Å². The lowest BCUT2D eigenvalue weighted by Crippen LogP contribution is -1.77. The van der Waals surface area contributed by atoms with Gasteiger partial charge in [-0.25, -0.2) is 0 Å². The second-order valence-electron chi connectivity index (χ2n) is 3.08. The Morgan fingerprint density at radius 1 is 0.727 bits per heavy atom. The Morgan fingerprint density at radius 3 is 1.45 bits per heavy atom. The monoisotopic (exact) mass is 154 g/mol. The van der Waals surface area contributed by atoms with Crippen molar-refractivity contribution in [2.24, 2.45) is 0 Å². The Morgan fingerprint density at radius 2 is 1.27 bits per heavy atom. The van der Waals surface area contributed by atoms with E-state index in [9.17, 15) is 0 Å². The minimum absolute atomic E-state index is 1.00. The van der Waals surface area contributed by atoms with Gasteiger partial charge in [-0.3, -0.25) is 0 Å². The molecule has 1 aliphatic carbocycles. The summed E-state index contributed by atoms with van der Waals surface area (Å²) in [6.07, 6.45) is 12.6. The maximum atomic E-state index is 4.94. The van der Waals surface area contributed by atoms with E-state index in [4.69, 9.17) is 4.74 Å². The average molecular weight is 154 g/mol. The molecule has 0 amide bonds. The smallest absolute Gasteiger partial charge is 0.0466 e. The zero-order valence-corrected chi connectivity index (χ0v) is 7.22. The molecule has 1 aliphatic heterocycles. The molecule has 0 radical (unpaired) electrons. The van der Waals surface area contributed by atoms with E-state index in [0.717, 1.165) is 13.2 Å². The first kappa shape index (κ1) is 8.79. The second kappa shape index (κ2) is 6.41. The molecule has 0 aromatic heterocycles. The van der Waals surface area contributed by atoms with Crippen LogP contribution < -0.4 is 0 Å². The molecular weight excluding hydrogens is 136 g/mol. The van der Waals surface area contributed by atoms with E-state index in [-0.39, 0.29) is 0 Å². The highest BCUT2D eigenvalue weighted by Gasteiger charge is 1.94. The van der Waals surface area contributed by atoms with Crippen molar-refractivity contribution in [3.63, 3.8) is 0 Å². The summed E-state index contributed by atoms with van der Waals surface area (Å²) >= 11 is 0. The van der Waals surface area contributed by atoms with Crippen molar-refractivity contribution < 1.29 is 4.74 Å². The third-order valence-corrected chi connectivity index (χ3v) is 1.99. The molecule has 0 unspecified atom stereocenters. The number of rotatable bonds is 0. The normalized spacial score (nSPS) is 22.5. The summed E-state index contributed by atoms with van der Waals surface area (Å²) in [5.74, 6) is 0. The molecule has 0 spiro atoms. The molecule has 1 saturated heterocycles. The van der Waals surface area contributed by atoms with Crippen molar-refractivity contribution in [3.8, 4) is 0 Å². The van der Waals surface area contributed by atoms with Gasteiger partial charge in [0.2, 0.25) is 0 Å². The minimum atomic E-state index is 1.00. The molecule has 0 bridgehead atoms. The third-order valence-electron chi connectivity index (χ3n) is 1.99. The fourth-order valence-corrected chi connectivity index (χ4v) is 1.27. The highest BCUT2D eigenvalue weighted by Crippen LogP contribution is 2.07. The lowest BCUT2D eigenvalue weighted by atomic mass is 10.1. The van der Waals surface area contributed by atoms with E-state index in [1.807, 2.05) is 0 Å². The number of hydrogen-bond donors (Lipinski definition) is 0. The maximum Gasteiger partial charge on any atom is 0.0466 e. The van der Waals surface area contributed by atoms with Gasteiger partial charge in [0.1, 0.15) is 0 Å². The van der Waals surface area contributed by atoms with Crippen LogP contribution in [0.3, 0.4) is 0 Å². The van der Waals surface area contributed by atoms with Gasteiger partial charge in [-0.1, -0.05) is 12.2 Å². The van der Waals surface area contributed by atoms with E-state index >= 15 is 0 Å². The van der Waals surface area contributed by atoms with Crippen LogP contribution in [0.5, 0.6) is 0 Å². The van der Waals surface area contributed by atoms with Crippen LogP contribution in [0.1, 0.15) is 38.5 Å². The van der Waals surface area contributed by atoms with Crippen molar-refractivity contribution >= 4 is 0 Å². The standard InChI is InChI=1S/C6H10.C4H8O/c1-2-4-6-5-3-1;1-2-4-5-3-1/h1-2H,3-6H2;1-4H2. The summed E-state index contributed by atoms with van der Waals surface area (Å²) in [4.78, 5) is 0. The number of allylic oxidation sites excluding steroid dienone is 2. The quantitative estimate of drug-likeness (QED) is 0.487. The van der Waals surface area contributed by atoms with Gasteiger partial charge >= 0.3 is 0 Å². The zero-order chi connectivity index (χ0) is 7.78. The topological polar surface area (TPSA) is 9.23 Å². The van der Waals surface area contributed by atoms with E-state index in [1.54, 1.807) is 0 Å². The summed E-state index contributed by atoms with van der Waals surface area (Å²) in [7, 11) is 0. The molecule has 0 aromatic carbocycles. The Labute approximate surface area is 69.4 Å². The Bertz CT molecular complexity index is 87.8. The molecule has 1 heteroatoms. The zero-order valence-electron chi connectivity index (χ0n) is 7.22. The summed E-state index contributed by atoms with van der Waals surface area (Å²) in [5.41, 5.74) is 0. The van der Waals surface area contributed by atoms with E-state index in [0.29, 0.717) is 0 Å². The summed E-state index contributed by atoms with van der Waals surface area (Å²) < 4.78 is 4.94. The lowest BCUT2D eigenvalue weighted by molar-refractivity contribution is 0.198. The van der Waals surface area contributed by atoms with Gasteiger partial charge in [-0.2, -0.15) is 0 Å². The molecule has 0 N–H and O–H groups in total. The average Bonchev–Trinajstić information content (AvgIpc) is 2.64. The Hall–Kier alpha value is -0.300. The highest BCUT2D eigenvalue weighted by molar-refractivity contribution is 4.85. The lowest BCUT2D eigenvalue weighted by Gasteiger charge is -1.97. The second-order valence-corrected chi connectivity index (χ2v) is 3.08. The first-order valence-electron chi connectivity index (χ1n) is 4.73. The van der Waals surface area contributed by atoms with E-state index in [2.05, 4.69) is 12.2 Å². The third kappa shape index (κ3) is 5.02. The van der Waals surface area contributed by atoms with Crippen LogP contribution in [0.4, 0.5) is 0 Å². The molecule has 0 aromatic rings. The van der Waals surface area contributed by atoms with Crippen LogP contribution in [-0.2, 0) is 4.74 Å². The molecule has 2 rings (SSSR count). The van der Waals surface area contributed by atoms with Gasteiger partial charge in [-0.05, 0) is 38.5 Å². The minimum Gasteiger partial charge on any atom is -0.381 e. The Balaban J connectivity index is 0.000000112. The molecule has 1 nitrogen and oxygen atoms in total. The predicted octanol–water partition coefficient (Wildman–Crippen LogP) is 2.91. The summed E-state index contributed by atoms with van der Waals surface area (Å²) in [6.45, 7) is 2.00. The van der Waals surface area contributed by atoms with E-state index in [1.165, 1.54) is 38.5 Å². The largest absolute Gasteiger partial charge is 0.381 e. The first-order chi connectivity index (χ1) is 5.50. The van der Waals surface area contributed by atoms with Crippen LogP contribution in [0, 0.1) is 0 Å². The van der Waals surface area contributed by atoms with Crippen molar-refractivity contribution in [1.29, 1.82) is 0 Å². The van der Waals surface area contributed by atoms with Gasteiger partial charge < -0.3 is 4.74 Å². The SMILES string of the molecule is C1=CCCCC1.C1CCOC1. The number of hydrogen-bond acceptors (Lipinski definition) is 1. The van der Waals surface area contributed by atoms with Crippen molar-refractivity contribution in [2.45, 2.75) is 38.5 Å². The van der Waals surface area contributed by atoms with Crippen LogP contribution in [0.15, 0.2) is 12.2 Å². The van der Waals surface area contributed by atoms with Crippen molar-refractivity contribution in [3.05, 3.63) is 12.2 Å². The van der Waals surface area contributed by atoms with Crippen LogP contribution >= 0.6 is 0 Å². The van der Waals surface area contributed by atoms with Crippen LogP contribution in [-0.4, -0.2) is 13.2 Å². The summed E-state index contributed by atoms with van der Waals surface area (Å²) in [6, 6.07) is 0. The maximum absolute atomic E-state index is 4.94. The van der Waals surface area contributed by atoms with Gasteiger partial charge in [0, 0.05) is 13.2 Å². The van der Waals surface area contributed by atoms with Gasteiger partial charge in [0.25, 0.3) is 0 Å². The van der Waals surface area contributed by atoms with Crippen LogP contribution in [0.2, 0.25) is 0 Å². The first-order valence-corrected chi connectivity index (χ1v) is 4.73. The molecule has 0 atom stereocenters. The van der Waals surface area contributed by atoms with Gasteiger partial charge in [0.05, 0.1) is 0 Å². The molecule has 64 valence electrons.